The molecule has 0 aliphatic carbocycles. The Hall–Kier alpha value is -2.07. The van der Waals surface area contributed by atoms with Gasteiger partial charge in [0.05, 0.1) is 28.6 Å². The number of pyridine rings is 1. The number of hydrogen-bond donors (Lipinski definition) is 2. The average molecular weight is 456 g/mol. The van der Waals surface area contributed by atoms with Crippen LogP contribution in [0, 0.1) is 6.92 Å². The largest absolute Gasteiger partial charge is 0.497 e. The standard InChI is InChI=1S/C17H15Cl2N5O2S2/c1-9-12(18)7-13(19)15(20-9)22-14(25)8-27-17-24-23-16(28-17)21-10-3-5-11(26-2)6-4-10/h3-7H,8H2,1-2H3,(H,21,23)(H,20,22,25). The van der Waals surface area contributed by atoms with Crippen LogP contribution in [0.2, 0.25) is 10.0 Å². The zero-order valence-corrected chi connectivity index (χ0v) is 18.0. The van der Waals surface area contributed by atoms with Gasteiger partial charge in [-0.1, -0.05) is 46.3 Å². The number of benzene rings is 1. The number of rotatable bonds is 7. The highest BCUT2D eigenvalue weighted by molar-refractivity contribution is 8.01. The van der Waals surface area contributed by atoms with Gasteiger partial charge >= 0.3 is 0 Å². The molecule has 28 heavy (non-hydrogen) atoms. The molecule has 0 spiro atoms. The summed E-state index contributed by atoms with van der Waals surface area (Å²) >= 11 is 14.6. The summed E-state index contributed by atoms with van der Waals surface area (Å²) in [6, 6.07) is 9.01. The number of aryl methyl sites for hydroxylation is 1. The molecule has 1 amide bonds. The minimum Gasteiger partial charge on any atom is -0.497 e. The van der Waals surface area contributed by atoms with Crippen LogP contribution < -0.4 is 15.4 Å². The molecule has 0 radical (unpaired) electrons. The topological polar surface area (TPSA) is 89.0 Å². The van der Waals surface area contributed by atoms with Crippen molar-refractivity contribution in [1.82, 2.24) is 15.2 Å². The zero-order valence-electron chi connectivity index (χ0n) is 14.8. The fourth-order valence-corrected chi connectivity index (χ4v) is 4.04. The van der Waals surface area contributed by atoms with Crippen molar-refractivity contribution >= 4 is 68.8 Å². The SMILES string of the molecule is COc1ccc(Nc2nnc(SCC(=O)Nc3nc(C)c(Cl)cc3Cl)s2)cc1. The monoisotopic (exact) mass is 455 g/mol. The van der Waals surface area contributed by atoms with E-state index in [1.165, 1.54) is 23.1 Å². The van der Waals surface area contributed by atoms with Crippen molar-refractivity contribution in [3.05, 3.63) is 46.1 Å². The predicted molar refractivity (Wildman–Crippen MR) is 115 cm³/mol. The quantitative estimate of drug-likeness (QED) is 0.482. The Morgan fingerprint density at radius 1 is 1.21 bits per heavy atom. The van der Waals surface area contributed by atoms with Crippen LogP contribution in [0.25, 0.3) is 0 Å². The first-order valence-electron chi connectivity index (χ1n) is 7.94. The zero-order chi connectivity index (χ0) is 20.1. The van der Waals surface area contributed by atoms with E-state index in [1.54, 1.807) is 20.1 Å². The Morgan fingerprint density at radius 2 is 1.96 bits per heavy atom. The fourth-order valence-electron chi connectivity index (χ4n) is 2.06. The smallest absolute Gasteiger partial charge is 0.236 e. The minimum absolute atomic E-state index is 0.150. The van der Waals surface area contributed by atoms with Crippen LogP contribution in [-0.2, 0) is 4.79 Å². The van der Waals surface area contributed by atoms with Crippen LogP contribution in [0.1, 0.15) is 5.69 Å². The second kappa shape index (κ2) is 9.42. The van der Waals surface area contributed by atoms with Crippen LogP contribution in [0.3, 0.4) is 0 Å². The molecule has 0 unspecified atom stereocenters. The lowest BCUT2D eigenvalue weighted by molar-refractivity contribution is -0.113. The molecule has 0 aliphatic heterocycles. The molecule has 7 nitrogen and oxygen atoms in total. The summed E-state index contributed by atoms with van der Waals surface area (Å²) in [6.45, 7) is 1.74. The number of anilines is 3. The number of carbonyl (C=O) groups is 1. The maximum absolute atomic E-state index is 12.2. The number of thioether (sulfide) groups is 1. The third-order valence-corrected chi connectivity index (χ3v) is 6.08. The summed E-state index contributed by atoms with van der Waals surface area (Å²) in [7, 11) is 1.62. The molecular weight excluding hydrogens is 441 g/mol. The predicted octanol–water partition coefficient (Wildman–Crippen LogP) is 5.03. The van der Waals surface area contributed by atoms with Gasteiger partial charge in [0.1, 0.15) is 5.75 Å². The molecule has 2 aromatic heterocycles. The Balaban J connectivity index is 1.53. The van der Waals surface area contributed by atoms with Gasteiger partial charge in [0, 0.05) is 5.69 Å². The van der Waals surface area contributed by atoms with Crippen molar-refractivity contribution in [2.24, 2.45) is 0 Å². The average Bonchev–Trinajstić information content (AvgIpc) is 3.12. The van der Waals surface area contributed by atoms with E-state index >= 15 is 0 Å². The minimum atomic E-state index is -0.249. The Morgan fingerprint density at radius 3 is 2.68 bits per heavy atom. The van der Waals surface area contributed by atoms with Crippen molar-refractivity contribution in [3.8, 4) is 5.75 Å². The lowest BCUT2D eigenvalue weighted by Gasteiger charge is -2.07. The van der Waals surface area contributed by atoms with Crippen molar-refractivity contribution in [1.29, 1.82) is 0 Å². The normalized spacial score (nSPS) is 10.6. The molecule has 3 rings (SSSR count). The van der Waals surface area contributed by atoms with E-state index in [2.05, 4.69) is 25.8 Å². The summed E-state index contributed by atoms with van der Waals surface area (Å²) in [5.41, 5.74) is 1.46. The first kappa shape index (κ1) is 20.7. The van der Waals surface area contributed by atoms with Crippen molar-refractivity contribution in [2.45, 2.75) is 11.3 Å². The maximum Gasteiger partial charge on any atom is 0.236 e. The number of nitrogens with zero attached hydrogens (tertiary/aromatic N) is 3. The summed E-state index contributed by atoms with van der Waals surface area (Å²) < 4.78 is 5.79. The van der Waals surface area contributed by atoms with Crippen molar-refractivity contribution < 1.29 is 9.53 Å². The lowest BCUT2D eigenvalue weighted by Crippen LogP contribution is -2.15. The van der Waals surface area contributed by atoms with E-state index in [-0.39, 0.29) is 22.5 Å². The first-order valence-corrected chi connectivity index (χ1v) is 10.5. The molecule has 0 bridgehead atoms. The molecule has 146 valence electrons. The molecule has 2 N–H and O–H groups in total. The van der Waals surface area contributed by atoms with Gasteiger partial charge in [-0.15, -0.1) is 10.2 Å². The first-order chi connectivity index (χ1) is 13.4. The number of aromatic nitrogens is 3. The summed E-state index contributed by atoms with van der Waals surface area (Å²) in [5, 5.41) is 15.3. The van der Waals surface area contributed by atoms with Gasteiger partial charge in [-0.25, -0.2) is 4.98 Å². The highest BCUT2D eigenvalue weighted by Gasteiger charge is 2.12. The van der Waals surface area contributed by atoms with E-state index in [0.717, 1.165) is 11.4 Å². The highest BCUT2D eigenvalue weighted by Crippen LogP contribution is 2.29. The van der Waals surface area contributed by atoms with Gasteiger partial charge in [0.25, 0.3) is 0 Å². The van der Waals surface area contributed by atoms with Gasteiger partial charge in [-0.3, -0.25) is 4.79 Å². The molecular formula is C17H15Cl2N5O2S2. The molecule has 1 aromatic carbocycles. The summed E-state index contributed by atoms with van der Waals surface area (Å²) in [5.74, 6) is 0.960. The van der Waals surface area contributed by atoms with Crippen LogP contribution in [0.4, 0.5) is 16.6 Å². The molecule has 2 heterocycles. The number of methoxy groups -OCH3 is 1. The van der Waals surface area contributed by atoms with Gasteiger partial charge < -0.3 is 15.4 Å². The third-order valence-electron chi connectivity index (χ3n) is 3.44. The third kappa shape index (κ3) is 5.48. The van der Waals surface area contributed by atoms with E-state index in [9.17, 15) is 4.79 Å². The summed E-state index contributed by atoms with van der Waals surface area (Å²) in [4.78, 5) is 16.3. The van der Waals surface area contributed by atoms with Crippen LogP contribution in [0.15, 0.2) is 34.7 Å². The maximum atomic E-state index is 12.2. The van der Waals surface area contributed by atoms with Gasteiger partial charge in [0.15, 0.2) is 10.2 Å². The Labute approximate surface area is 179 Å². The number of amides is 1. The van der Waals surface area contributed by atoms with Crippen LogP contribution in [-0.4, -0.2) is 34.0 Å². The molecule has 0 aliphatic rings. The number of carbonyl (C=O) groups excluding carboxylic acids is 1. The molecule has 0 fully saturated rings. The van der Waals surface area contributed by atoms with E-state index in [0.29, 0.717) is 20.2 Å². The van der Waals surface area contributed by atoms with E-state index in [4.69, 9.17) is 27.9 Å². The summed E-state index contributed by atoms with van der Waals surface area (Å²) in [6.07, 6.45) is 0. The molecule has 11 heteroatoms. The second-order valence-corrected chi connectivity index (χ2v) is 8.46. The highest BCUT2D eigenvalue weighted by atomic mass is 35.5. The molecule has 0 saturated carbocycles. The second-order valence-electron chi connectivity index (χ2n) is 5.45. The van der Waals surface area contributed by atoms with Crippen molar-refractivity contribution in [3.63, 3.8) is 0 Å². The molecule has 3 aromatic rings. The van der Waals surface area contributed by atoms with Crippen LogP contribution in [0.5, 0.6) is 5.75 Å². The van der Waals surface area contributed by atoms with Gasteiger partial charge in [-0.05, 0) is 37.3 Å². The van der Waals surface area contributed by atoms with Crippen molar-refractivity contribution in [2.75, 3.05) is 23.5 Å². The Bertz CT molecular complexity index is 982. The number of halogens is 2. The van der Waals surface area contributed by atoms with Gasteiger partial charge in [0.2, 0.25) is 11.0 Å². The van der Waals surface area contributed by atoms with Crippen LogP contribution >= 0.6 is 46.3 Å². The Kier molecular flexibility index (Phi) is 6.95. The van der Waals surface area contributed by atoms with Gasteiger partial charge in [-0.2, -0.15) is 0 Å². The molecule has 0 atom stereocenters. The number of ether oxygens (including phenoxy) is 1. The number of nitrogens with one attached hydrogen (secondary N) is 2. The number of hydrogen-bond acceptors (Lipinski definition) is 8. The van der Waals surface area contributed by atoms with E-state index < -0.39 is 0 Å². The fraction of sp³-hybridized carbons (Fsp3) is 0.176. The molecule has 0 saturated heterocycles. The lowest BCUT2D eigenvalue weighted by atomic mass is 10.3. The van der Waals surface area contributed by atoms with E-state index in [1.807, 2.05) is 24.3 Å².